The maximum absolute atomic E-state index is 12.4. The molecule has 0 saturated carbocycles. The van der Waals surface area contributed by atoms with Crippen LogP contribution in [-0.4, -0.2) is 57.0 Å². The van der Waals surface area contributed by atoms with Gasteiger partial charge in [-0.3, -0.25) is 4.79 Å². The highest BCUT2D eigenvalue weighted by Gasteiger charge is 2.32. The Labute approximate surface area is 151 Å². The fraction of sp³-hybridized carbons (Fsp3) is 0.471. The zero-order valence-electron chi connectivity index (χ0n) is 14.5. The van der Waals surface area contributed by atoms with Gasteiger partial charge in [-0.05, 0) is 37.1 Å². The monoisotopic (exact) mass is 389 g/mol. The van der Waals surface area contributed by atoms with Crippen molar-refractivity contribution in [2.45, 2.75) is 26.0 Å². The molecule has 9 heteroatoms. The lowest BCUT2D eigenvalue weighted by molar-refractivity contribution is -0.126. The molecule has 0 aromatic heterocycles. The summed E-state index contributed by atoms with van der Waals surface area (Å²) in [6.45, 7) is -0.985. The number of carbonyl (C=O) groups excluding carboxylic acids is 1. The van der Waals surface area contributed by atoms with E-state index in [9.17, 15) is 22.0 Å². The lowest BCUT2D eigenvalue weighted by Gasteiger charge is -2.21. The average molecular weight is 389 g/mol. The number of hydrogen-bond donors (Lipinski definition) is 0. The molecule has 1 aromatic rings. The van der Waals surface area contributed by atoms with Gasteiger partial charge in [0.1, 0.15) is 0 Å². The van der Waals surface area contributed by atoms with Crippen molar-refractivity contribution in [3.63, 3.8) is 0 Å². The summed E-state index contributed by atoms with van der Waals surface area (Å²) in [5.74, 6) is -0.214. The number of alkyl halides is 2. The number of ether oxygens (including phenoxy) is 2. The van der Waals surface area contributed by atoms with E-state index in [0.717, 1.165) is 0 Å². The molecule has 0 aliphatic carbocycles. The standard InChI is InChI=1S/C17H21F2NO5S/c1-3-24-15-10-12(4-6-14(15)25-17(18)19)5-7-16(21)20(2)13-8-9-26(22,23)11-13/h4-7,10,13,17H,3,8-9,11H2,1-2H3/b7-5+. The summed E-state index contributed by atoms with van der Waals surface area (Å²) in [7, 11) is -1.52. The minimum atomic E-state index is -3.08. The van der Waals surface area contributed by atoms with Crippen LogP contribution < -0.4 is 9.47 Å². The minimum absolute atomic E-state index is 0.0305. The number of hydrogen-bond acceptors (Lipinski definition) is 5. The number of sulfone groups is 1. The van der Waals surface area contributed by atoms with Crippen molar-refractivity contribution in [3.8, 4) is 11.5 Å². The molecule has 1 aliphatic heterocycles. The summed E-state index contributed by atoms with van der Waals surface area (Å²) in [5, 5.41) is 0. The molecule has 1 unspecified atom stereocenters. The second-order valence-corrected chi connectivity index (χ2v) is 8.09. The van der Waals surface area contributed by atoms with E-state index in [-0.39, 0.29) is 41.6 Å². The molecule has 0 radical (unpaired) electrons. The van der Waals surface area contributed by atoms with Crippen molar-refractivity contribution in [1.82, 2.24) is 4.90 Å². The fourth-order valence-corrected chi connectivity index (χ4v) is 4.41. The molecule has 1 heterocycles. The number of rotatable bonds is 7. The number of nitrogens with zero attached hydrogens (tertiary/aromatic N) is 1. The van der Waals surface area contributed by atoms with Crippen LogP contribution in [0.25, 0.3) is 6.08 Å². The highest BCUT2D eigenvalue weighted by atomic mass is 32.2. The summed E-state index contributed by atoms with van der Waals surface area (Å²) < 4.78 is 57.5. The van der Waals surface area contributed by atoms with Gasteiger partial charge in [0.25, 0.3) is 0 Å². The van der Waals surface area contributed by atoms with Crippen molar-refractivity contribution >= 4 is 21.8 Å². The van der Waals surface area contributed by atoms with Crippen LogP contribution in [0, 0.1) is 0 Å². The van der Waals surface area contributed by atoms with E-state index >= 15 is 0 Å². The Balaban J connectivity index is 2.09. The van der Waals surface area contributed by atoms with Crippen molar-refractivity contribution in [2.75, 3.05) is 25.2 Å². The molecule has 1 atom stereocenters. The Morgan fingerprint density at radius 1 is 1.38 bits per heavy atom. The van der Waals surface area contributed by atoms with E-state index in [2.05, 4.69) is 4.74 Å². The van der Waals surface area contributed by atoms with Crippen molar-refractivity contribution in [3.05, 3.63) is 29.8 Å². The second-order valence-electron chi connectivity index (χ2n) is 5.86. The van der Waals surface area contributed by atoms with Gasteiger partial charge in [-0.15, -0.1) is 0 Å². The van der Waals surface area contributed by atoms with Crippen molar-refractivity contribution < 1.29 is 31.5 Å². The first-order valence-electron chi connectivity index (χ1n) is 8.09. The van der Waals surface area contributed by atoms with Gasteiger partial charge < -0.3 is 14.4 Å². The predicted molar refractivity (Wildman–Crippen MR) is 93.1 cm³/mol. The van der Waals surface area contributed by atoms with Gasteiger partial charge in [0.15, 0.2) is 21.3 Å². The average Bonchev–Trinajstić information content (AvgIpc) is 2.93. The first-order chi connectivity index (χ1) is 12.2. The van der Waals surface area contributed by atoms with Crippen molar-refractivity contribution in [1.29, 1.82) is 0 Å². The van der Waals surface area contributed by atoms with Crippen LogP contribution in [-0.2, 0) is 14.6 Å². The third-order valence-corrected chi connectivity index (χ3v) is 5.76. The molecule has 1 fully saturated rings. The van der Waals surface area contributed by atoms with E-state index in [1.165, 1.54) is 35.3 Å². The minimum Gasteiger partial charge on any atom is -0.490 e. The third-order valence-electron chi connectivity index (χ3n) is 4.01. The van der Waals surface area contributed by atoms with Crippen LogP contribution in [0.15, 0.2) is 24.3 Å². The number of likely N-dealkylation sites (N-methyl/N-ethyl adjacent to an activating group) is 1. The second kappa shape index (κ2) is 8.48. The molecule has 1 amide bonds. The van der Waals surface area contributed by atoms with Gasteiger partial charge in [-0.2, -0.15) is 8.78 Å². The smallest absolute Gasteiger partial charge is 0.387 e. The number of carbonyl (C=O) groups is 1. The van der Waals surface area contributed by atoms with E-state index in [0.29, 0.717) is 12.0 Å². The predicted octanol–water partition coefficient (Wildman–Crippen LogP) is 2.35. The Morgan fingerprint density at radius 2 is 2.12 bits per heavy atom. The first-order valence-corrected chi connectivity index (χ1v) is 9.91. The van der Waals surface area contributed by atoms with Crippen molar-refractivity contribution in [2.24, 2.45) is 0 Å². The topological polar surface area (TPSA) is 72.9 Å². The van der Waals surface area contributed by atoms with Crippen LogP contribution in [0.1, 0.15) is 18.9 Å². The lowest BCUT2D eigenvalue weighted by atomic mass is 10.1. The van der Waals surface area contributed by atoms with Gasteiger partial charge in [-0.25, -0.2) is 8.42 Å². The number of benzene rings is 1. The molecule has 0 N–H and O–H groups in total. The Hall–Kier alpha value is -2.16. The normalized spacial score (nSPS) is 19.0. The molecule has 1 aliphatic rings. The van der Waals surface area contributed by atoms with Crippen LogP contribution in [0.2, 0.25) is 0 Å². The molecule has 144 valence electrons. The van der Waals surface area contributed by atoms with Gasteiger partial charge in [0.2, 0.25) is 5.91 Å². The van der Waals surface area contributed by atoms with Gasteiger partial charge in [0, 0.05) is 19.2 Å². The molecular formula is C17H21F2NO5S. The number of halogens is 2. The molecule has 2 rings (SSSR count). The summed E-state index contributed by atoms with van der Waals surface area (Å²) in [6, 6.07) is 4.02. The summed E-state index contributed by atoms with van der Waals surface area (Å²) >= 11 is 0. The third kappa shape index (κ3) is 5.42. The SMILES string of the molecule is CCOc1cc(/C=C/C(=O)N(C)C2CCS(=O)(=O)C2)ccc1OC(F)F. The molecule has 6 nitrogen and oxygen atoms in total. The van der Waals surface area contributed by atoms with Crippen LogP contribution in [0.4, 0.5) is 8.78 Å². The molecule has 1 aromatic carbocycles. The summed E-state index contributed by atoms with van der Waals surface area (Å²) in [5.41, 5.74) is 0.566. The molecule has 26 heavy (non-hydrogen) atoms. The highest BCUT2D eigenvalue weighted by molar-refractivity contribution is 7.91. The largest absolute Gasteiger partial charge is 0.490 e. The van der Waals surface area contributed by atoms with Crippen LogP contribution in [0.3, 0.4) is 0 Å². The van der Waals surface area contributed by atoms with Crippen LogP contribution in [0.5, 0.6) is 11.5 Å². The quantitative estimate of drug-likeness (QED) is 0.670. The van der Waals surface area contributed by atoms with E-state index in [4.69, 9.17) is 4.74 Å². The van der Waals surface area contributed by atoms with Gasteiger partial charge in [0.05, 0.1) is 18.1 Å². The van der Waals surface area contributed by atoms with Gasteiger partial charge >= 0.3 is 6.61 Å². The summed E-state index contributed by atoms with van der Waals surface area (Å²) in [6.07, 6.45) is 3.24. The lowest BCUT2D eigenvalue weighted by Crippen LogP contribution is -2.36. The Bertz CT molecular complexity index is 779. The maximum atomic E-state index is 12.4. The Kier molecular flexibility index (Phi) is 6.57. The van der Waals surface area contributed by atoms with E-state index in [1.54, 1.807) is 14.0 Å². The zero-order valence-corrected chi connectivity index (χ0v) is 15.3. The van der Waals surface area contributed by atoms with E-state index in [1.807, 2.05) is 0 Å². The maximum Gasteiger partial charge on any atom is 0.387 e. The fourth-order valence-electron chi connectivity index (χ4n) is 2.64. The Morgan fingerprint density at radius 3 is 2.69 bits per heavy atom. The summed E-state index contributed by atoms with van der Waals surface area (Å²) in [4.78, 5) is 13.6. The van der Waals surface area contributed by atoms with E-state index < -0.39 is 16.4 Å². The molecule has 1 saturated heterocycles. The molecule has 0 spiro atoms. The first kappa shape index (κ1) is 20.2. The van der Waals surface area contributed by atoms with Gasteiger partial charge in [-0.1, -0.05) is 6.07 Å². The highest BCUT2D eigenvalue weighted by Crippen LogP contribution is 2.30. The number of amides is 1. The molecule has 0 bridgehead atoms. The van der Waals surface area contributed by atoms with Crippen LogP contribution >= 0.6 is 0 Å². The molecular weight excluding hydrogens is 368 g/mol. The zero-order chi connectivity index (χ0) is 19.3.